The molecular weight excluding hydrogens is 304 g/mol. The second-order valence-electron chi connectivity index (χ2n) is 5.90. The Morgan fingerprint density at radius 2 is 2.10 bits per heavy atom. The first-order valence-corrected chi connectivity index (χ1v) is 9.33. The van der Waals surface area contributed by atoms with Crippen LogP contribution in [0, 0.1) is 19.8 Å². The van der Waals surface area contributed by atoms with Gasteiger partial charge in [-0.15, -0.1) is 0 Å². The third kappa shape index (κ3) is 3.92. The van der Waals surface area contributed by atoms with Gasteiger partial charge in [-0.2, -0.15) is 11.8 Å². The Balaban J connectivity index is 1.94. The van der Waals surface area contributed by atoms with Gasteiger partial charge in [-0.25, -0.2) is 0 Å². The summed E-state index contributed by atoms with van der Waals surface area (Å²) < 4.78 is 1.73. The molecule has 1 atom stereocenters. The fraction of sp³-hybridized carbons (Fsp3) is 0.733. The maximum absolute atomic E-state index is 12.4. The van der Waals surface area contributed by atoms with Crippen molar-refractivity contribution in [2.45, 2.75) is 45.9 Å². The number of thioether (sulfide) groups is 1. The molecule has 0 bridgehead atoms. The minimum atomic E-state index is 0.0482. The fourth-order valence-electron chi connectivity index (χ4n) is 2.52. The molecule has 2 rings (SSSR count). The largest absolute Gasteiger partial charge is 0.341 e. The maximum atomic E-state index is 12.4. The molecule has 0 spiro atoms. The molecule has 0 saturated carbocycles. The molecule has 1 amide bonds. The van der Waals surface area contributed by atoms with Gasteiger partial charge in [0.1, 0.15) is 0 Å². The Morgan fingerprint density at radius 3 is 2.67 bits per heavy atom. The quantitative estimate of drug-likeness (QED) is 0.853. The summed E-state index contributed by atoms with van der Waals surface area (Å²) >= 11 is 3.23. The highest BCUT2D eigenvalue weighted by atomic mass is 32.2. The third-order valence-corrected chi connectivity index (χ3v) is 6.65. The topological polar surface area (TPSA) is 42.3 Å². The monoisotopic (exact) mass is 328 g/mol. The van der Waals surface area contributed by atoms with Crippen molar-refractivity contribution in [3.63, 3.8) is 0 Å². The average Bonchev–Trinajstić information content (AvgIpc) is 2.70. The SMILES string of the molecule is Cc1sc(=O)n(CCC(=O)N2CCS[C@H](C(C)C)C2)c1C. The summed E-state index contributed by atoms with van der Waals surface area (Å²) in [6, 6.07) is 0. The molecule has 2 heterocycles. The number of aryl methyl sites for hydroxylation is 1. The molecule has 1 aromatic heterocycles. The number of aromatic nitrogens is 1. The summed E-state index contributed by atoms with van der Waals surface area (Å²) in [6.45, 7) is 10.5. The normalized spacial score (nSPS) is 19.3. The lowest BCUT2D eigenvalue weighted by Crippen LogP contribution is -2.43. The van der Waals surface area contributed by atoms with E-state index in [1.807, 2.05) is 30.5 Å². The molecule has 6 heteroatoms. The smallest absolute Gasteiger partial charge is 0.307 e. The Labute approximate surface area is 134 Å². The third-order valence-electron chi connectivity index (χ3n) is 4.11. The van der Waals surface area contributed by atoms with E-state index < -0.39 is 0 Å². The highest BCUT2D eigenvalue weighted by Crippen LogP contribution is 2.25. The van der Waals surface area contributed by atoms with Gasteiger partial charge in [0, 0.05) is 47.6 Å². The highest BCUT2D eigenvalue weighted by molar-refractivity contribution is 8.00. The number of nitrogens with zero attached hydrogens (tertiary/aromatic N) is 2. The number of rotatable bonds is 4. The van der Waals surface area contributed by atoms with Crippen LogP contribution in [0.15, 0.2) is 4.79 Å². The van der Waals surface area contributed by atoms with E-state index in [2.05, 4.69) is 13.8 Å². The first kappa shape index (κ1) is 16.6. The van der Waals surface area contributed by atoms with Gasteiger partial charge < -0.3 is 9.47 Å². The fourth-order valence-corrected chi connectivity index (χ4v) is 4.67. The van der Waals surface area contributed by atoms with E-state index in [1.165, 1.54) is 11.3 Å². The number of carbonyl (C=O) groups is 1. The molecule has 1 aliphatic heterocycles. The first-order chi connectivity index (χ1) is 9.90. The predicted molar refractivity (Wildman–Crippen MR) is 90.3 cm³/mol. The van der Waals surface area contributed by atoms with Gasteiger partial charge in [0.2, 0.25) is 5.91 Å². The van der Waals surface area contributed by atoms with Crippen LogP contribution in [0.5, 0.6) is 0 Å². The summed E-state index contributed by atoms with van der Waals surface area (Å²) in [4.78, 5) is 27.3. The summed E-state index contributed by atoms with van der Waals surface area (Å²) in [5.41, 5.74) is 0.993. The standard InChI is InChI=1S/C15H24N2O2S2/c1-10(2)13-9-16(7-8-20-13)14(18)5-6-17-11(3)12(4)21-15(17)19/h10,13H,5-9H2,1-4H3/t13-/m0/s1. The van der Waals surface area contributed by atoms with Gasteiger partial charge in [-0.05, 0) is 19.8 Å². The molecule has 0 unspecified atom stereocenters. The average molecular weight is 329 g/mol. The molecule has 1 fully saturated rings. The van der Waals surface area contributed by atoms with E-state index in [4.69, 9.17) is 0 Å². The van der Waals surface area contributed by atoms with Crippen molar-refractivity contribution in [2.24, 2.45) is 5.92 Å². The molecule has 118 valence electrons. The molecule has 21 heavy (non-hydrogen) atoms. The van der Waals surface area contributed by atoms with Crippen LogP contribution in [0.1, 0.15) is 30.8 Å². The number of hydrogen-bond acceptors (Lipinski definition) is 4. The first-order valence-electron chi connectivity index (χ1n) is 7.46. The zero-order chi connectivity index (χ0) is 15.6. The molecule has 0 aromatic carbocycles. The lowest BCUT2D eigenvalue weighted by atomic mass is 10.1. The van der Waals surface area contributed by atoms with Crippen LogP contribution in [-0.2, 0) is 11.3 Å². The van der Waals surface area contributed by atoms with Gasteiger partial charge >= 0.3 is 4.87 Å². The highest BCUT2D eigenvalue weighted by Gasteiger charge is 2.25. The molecule has 0 radical (unpaired) electrons. The molecular formula is C15H24N2O2S2. The van der Waals surface area contributed by atoms with Crippen LogP contribution < -0.4 is 4.87 Å². The van der Waals surface area contributed by atoms with Gasteiger partial charge in [-0.3, -0.25) is 9.59 Å². The molecule has 1 aromatic rings. The van der Waals surface area contributed by atoms with Crippen LogP contribution in [0.4, 0.5) is 0 Å². The number of thiazole rings is 1. The van der Waals surface area contributed by atoms with Crippen molar-refractivity contribution in [1.29, 1.82) is 0 Å². The minimum Gasteiger partial charge on any atom is -0.341 e. The Hall–Kier alpha value is -0.750. The maximum Gasteiger partial charge on any atom is 0.307 e. The summed E-state index contributed by atoms with van der Waals surface area (Å²) in [5.74, 6) is 1.79. The lowest BCUT2D eigenvalue weighted by molar-refractivity contribution is -0.131. The van der Waals surface area contributed by atoms with Gasteiger partial charge in [0.15, 0.2) is 0 Å². The minimum absolute atomic E-state index is 0.0482. The van der Waals surface area contributed by atoms with Crippen molar-refractivity contribution < 1.29 is 4.79 Å². The van der Waals surface area contributed by atoms with Crippen LogP contribution >= 0.6 is 23.1 Å². The van der Waals surface area contributed by atoms with Crippen molar-refractivity contribution in [3.05, 3.63) is 20.2 Å². The van der Waals surface area contributed by atoms with Gasteiger partial charge in [0.05, 0.1) is 0 Å². The summed E-state index contributed by atoms with van der Waals surface area (Å²) in [6.07, 6.45) is 0.423. The van der Waals surface area contributed by atoms with Crippen LogP contribution in [0.2, 0.25) is 0 Å². The van der Waals surface area contributed by atoms with E-state index in [9.17, 15) is 9.59 Å². The van der Waals surface area contributed by atoms with E-state index in [0.717, 1.165) is 29.4 Å². The summed E-state index contributed by atoms with van der Waals surface area (Å²) in [7, 11) is 0. The van der Waals surface area contributed by atoms with E-state index in [0.29, 0.717) is 24.1 Å². The second kappa shape index (κ2) is 7.01. The van der Waals surface area contributed by atoms with Crippen molar-refractivity contribution >= 4 is 29.0 Å². The number of carbonyl (C=O) groups excluding carboxylic acids is 1. The van der Waals surface area contributed by atoms with Crippen LogP contribution in [0.3, 0.4) is 0 Å². The van der Waals surface area contributed by atoms with Crippen molar-refractivity contribution in [2.75, 3.05) is 18.8 Å². The zero-order valence-electron chi connectivity index (χ0n) is 13.2. The zero-order valence-corrected chi connectivity index (χ0v) is 14.9. The number of amides is 1. The Kier molecular flexibility index (Phi) is 5.54. The van der Waals surface area contributed by atoms with Crippen LogP contribution in [0.25, 0.3) is 0 Å². The Morgan fingerprint density at radius 1 is 1.38 bits per heavy atom. The van der Waals surface area contributed by atoms with E-state index in [1.54, 1.807) is 4.57 Å². The van der Waals surface area contributed by atoms with E-state index >= 15 is 0 Å². The van der Waals surface area contributed by atoms with Crippen molar-refractivity contribution in [1.82, 2.24) is 9.47 Å². The van der Waals surface area contributed by atoms with Gasteiger partial charge in [-0.1, -0.05) is 25.2 Å². The molecule has 1 aliphatic rings. The molecule has 1 saturated heterocycles. The molecule has 0 N–H and O–H groups in total. The molecule has 0 aliphatic carbocycles. The number of hydrogen-bond donors (Lipinski definition) is 0. The Bertz CT molecular complexity index is 563. The van der Waals surface area contributed by atoms with E-state index in [-0.39, 0.29) is 10.8 Å². The van der Waals surface area contributed by atoms with Gasteiger partial charge in [0.25, 0.3) is 0 Å². The molecule has 4 nitrogen and oxygen atoms in total. The second-order valence-corrected chi connectivity index (χ2v) is 8.42. The predicted octanol–water partition coefficient (Wildman–Crippen LogP) is 2.52. The van der Waals surface area contributed by atoms with Crippen molar-refractivity contribution in [3.8, 4) is 0 Å². The lowest BCUT2D eigenvalue weighted by Gasteiger charge is -2.34. The summed E-state index contributed by atoms with van der Waals surface area (Å²) in [5, 5.41) is 0.538. The van der Waals surface area contributed by atoms with Crippen LogP contribution in [-0.4, -0.2) is 39.5 Å².